The van der Waals surface area contributed by atoms with Crippen molar-refractivity contribution in [3.63, 3.8) is 0 Å². The van der Waals surface area contributed by atoms with Gasteiger partial charge in [-0.2, -0.15) is 0 Å². The van der Waals surface area contributed by atoms with Gasteiger partial charge in [0, 0.05) is 18.9 Å². The summed E-state index contributed by atoms with van der Waals surface area (Å²) in [6, 6.07) is 5.08. The van der Waals surface area contributed by atoms with Crippen molar-refractivity contribution in [3.05, 3.63) is 23.8 Å². The second-order valence-corrected chi connectivity index (χ2v) is 10.1. The molecule has 1 fully saturated rings. The first-order chi connectivity index (χ1) is 11.5. The lowest BCUT2D eigenvalue weighted by Gasteiger charge is -2.43. The minimum atomic E-state index is -3.54. The number of hydrogen-bond acceptors (Lipinski definition) is 3. The predicted molar refractivity (Wildman–Crippen MR) is 100 cm³/mol. The predicted octanol–water partition coefficient (Wildman–Crippen LogP) is 2.21. The molecule has 0 atom stereocenters. The molecule has 1 aromatic carbocycles. The van der Waals surface area contributed by atoms with Crippen LogP contribution in [-0.4, -0.2) is 32.1 Å². The second-order valence-electron chi connectivity index (χ2n) is 8.40. The number of aryl methyl sites for hydroxylation is 1. The van der Waals surface area contributed by atoms with Crippen molar-refractivity contribution in [2.45, 2.75) is 82.8 Å². The highest BCUT2D eigenvalue weighted by Gasteiger charge is 2.42. The second kappa shape index (κ2) is 7.25. The minimum absolute atomic E-state index is 0.0162. The molecule has 3 N–H and O–H groups in total. The van der Waals surface area contributed by atoms with E-state index in [0.717, 1.165) is 30.6 Å². The number of ether oxygens (including phenoxy) is 1. The van der Waals surface area contributed by atoms with Gasteiger partial charge in [0.05, 0.1) is 22.6 Å². The van der Waals surface area contributed by atoms with Crippen LogP contribution in [0.5, 0.6) is 5.75 Å². The Bertz CT molecular complexity index is 695. The summed E-state index contributed by atoms with van der Waals surface area (Å²) in [6.45, 7) is 13.2. The van der Waals surface area contributed by atoms with Crippen LogP contribution in [0, 0.1) is 0 Å². The van der Waals surface area contributed by atoms with Gasteiger partial charge in [-0.1, -0.05) is 6.92 Å². The standard InChI is InChI=1S/C19H32N2O3S/c1-7-14-11-16(9-10-17(14)24-8-2)25(22,23)20-15-12-18(3,4)21-19(5,6)13-15/h9-11,15,20-21H,7-8,12-13H2,1-6H3/p+1. The van der Waals surface area contributed by atoms with E-state index in [1.54, 1.807) is 18.2 Å². The third-order valence-electron chi connectivity index (χ3n) is 4.67. The van der Waals surface area contributed by atoms with Gasteiger partial charge in [0.1, 0.15) is 5.75 Å². The highest BCUT2D eigenvalue weighted by molar-refractivity contribution is 7.89. The van der Waals surface area contributed by atoms with Crippen LogP contribution in [0.4, 0.5) is 0 Å². The van der Waals surface area contributed by atoms with Crippen LogP contribution in [0.15, 0.2) is 23.1 Å². The van der Waals surface area contributed by atoms with Gasteiger partial charge < -0.3 is 10.1 Å². The third kappa shape index (κ3) is 5.19. The van der Waals surface area contributed by atoms with Gasteiger partial charge in [0.15, 0.2) is 0 Å². The number of piperidine rings is 1. The van der Waals surface area contributed by atoms with E-state index in [4.69, 9.17) is 4.74 Å². The van der Waals surface area contributed by atoms with Crippen LogP contribution in [-0.2, 0) is 16.4 Å². The number of nitrogens with two attached hydrogens (primary N) is 1. The zero-order valence-corrected chi connectivity index (χ0v) is 17.2. The van der Waals surface area contributed by atoms with Crippen LogP contribution < -0.4 is 14.8 Å². The molecule has 1 heterocycles. The van der Waals surface area contributed by atoms with E-state index in [2.05, 4.69) is 37.7 Å². The van der Waals surface area contributed by atoms with Gasteiger partial charge in [-0.05, 0) is 64.8 Å². The van der Waals surface area contributed by atoms with Crippen LogP contribution in [0.2, 0.25) is 0 Å². The van der Waals surface area contributed by atoms with Gasteiger partial charge in [-0.25, -0.2) is 13.1 Å². The molecule has 0 aliphatic carbocycles. The fraction of sp³-hybridized carbons (Fsp3) is 0.684. The summed E-state index contributed by atoms with van der Waals surface area (Å²) in [5, 5.41) is 2.34. The molecule has 0 spiro atoms. The lowest BCUT2D eigenvalue weighted by molar-refractivity contribution is -0.787. The van der Waals surface area contributed by atoms with E-state index in [9.17, 15) is 8.42 Å². The lowest BCUT2D eigenvalue weighted by Crippen LogP contribution is -3.06. The van der Waals surface area contributed by atoms with E-state index in [1.807, 2.05) is 13.8 Å². The maximum Gasteiger partial charge on any atom is 0.240 e. The normalized spacial score (nSPS) is 20.4. The van der Waals surface area contributed by atoms with Crippen molar-refractivity contribution in [2.24, 2.45) is 0 Å². The topological polar surface area (TPSA) is 72.0 Å². The van der Waals surface area contributed by atoms with E-state index in [0.29, 0.717) is 11.5 Å². The molecule has 6 heteroatoms. The Morgan fingerprint density at radius 1 is 1.16 bits per heavy atom. The number of quaternary nitrogens is 1. The molecule has 0 unspecified atom stereocenters. The molecular weight excluding hydrogens is 336 g/mol. The largest absolute Gasteiger partial charge is 0.494 e. The van der Waals surface area contributed by atoms with Gasteiger partial charge in [0.2, 0.25) is 10.0 Å². The summed E-state index contributed by atoms with van der Waals surface area (Å²) >= 11 is 0. The molecule has 5 nitrogen and oxygen atoms in total. The summed E-state index contributed by atoms with van der Waals surface area (Å²) in [6.07, 6.45) is 2.36. The van der Waals surface area contributed by atoms with Gasteiger partial charge in [-0.3, -0.25) is 0 Å². The van der Waals surface area contributed by atoms with E-state index < -0.39 is 10.0 Å². The first-order valence-corrected chi connectivity index (χ1v) is 10.6. The number of benzene rings is 1. The van der Waals surface area contributed by atoms with E-state index in [-0.39, 0.29) is 17.1 Å². The molecule has 0 amide bonds. The van der Waals surface area contributed by atoms with Crippen molar-refractivity contribution >= 4 is 10.0 Å². The van der Waals surface area contributed by atoms with Crippen molar-refractivity contribution in [3.8, 4) is 5.75 Å². The molecule has 1 aliphatic heterocycles. The monoisotopic (exact) mass is 369 g/mol. The third-order valence-corrected chi connectivity index (χ3v) is 6.19. The van der Waals surface area contributed by atoms with Gasteiger partial charge in [-0.15, -0.1) is 0 Å². The summed E-state index contributed by atoms with van der Waals surface area (Å²) < 4.78 is 34.3. The fourth-order valence-corrected chi connectivity index (χ4v) is 5.47. The maximum absolute atomic E-state index is 12.9. The first-order valence-electron chi connectivity index (χ1n) is 9.13. The molecule has 1 aliphatic rings. The molecule has 1 saturated heterocycles. The summed E-state index contributed by atoms with van der Waals surface area (Å²) in [5.74, 6) is 0.762. The summed E-state index contributed by atoms with van der Waals surface area (Å²) in [4.78, 5) is 0.318. The van der Waals surface area contributed by atoms with Crippen LogP contribution >= 0.6 is 0 Å². The number of rotatable bonds is 6. The highest BCUT2D eigenvalue weighted by Crippen LogP contribution is 2.26. The highest BCUT2D eigenvalue weighted by atomic mass is 32.2. The molecule has 0 bridgehead atoms. The molecule has 25 heavy (non-hydrogen) atoms. The fourth-order valence-electron chi connectivity index (χ4n) is 4.18. The van der Waals surface area contributed by atoms with Crippen LogP contribution in [0.25, 0.3) is 0 Å². The lowest BCUT2D eigenvalue weighted by atomic mass is 9.80. The number of sulfonamides is 1. The Kier molecular flexibility index (Phi) is 5.86. The van der Waals surface area contributed by atoms with Crippen molar-refractivity contribution in [1.29, 1.82) is 0 Å². The molecule has 0 aromatic heterocycles. The average Bonchev–Trinajstić information content (AvgIpc) is 2.43. The molecule has 0 saturated carbocycles. The Morgan fingerprint density at radius 2 is 1.76 bits per heavy atom. The zero-order valence-electron chi connectivity index (χ0n) is 16.3. The summed E-state index contributed by atoms with van der Waals surface area (Å²) in [5.41, 5.74) is 0.951. The average molecular weight is 370 g/mol. The van der Waals surface area contributed by atoms with Crippen LogP contribution in [0.1, 0.15) is 59.9 Å². The Balaban J connectivity index is 2.24. The molecule has 2 rings (SSSR count). The Morgan fingerprint density at radius 3 is 2.28 bits per heavy atom. The number of nitrogens with one attached hydrogen (secondary N) is 1. The smallest absolute Gasteiger partial charge is 0.240 e. The quantitative estimate of drug-likeness (QED) is 0.807. The van der Waals surface area contributed by atoms with Crippen molar-refractivity contribution in [1.82, 2.24) is 4.72 Å². The number of hydrogen-bond donors (Lipinski definition) is 2. The maximum atomic E-state index is 12.9. The SMILES string of the molecule is CCOc1ccc(S(=O)(=O)NC2CC(C)(C)[NH2+]C(C)(C)C2)cc1CC. The Labute approximate surface area is 152 Å². The van der Waals surface area contributed by atoms with Gasteiger partial charge >= 0.3 is 0 Å². The molecular formula is C19H33N2O3S+. The van der Waals surface area contributed by atoms with Crippen molar-refractivity contribution in [2.75, 3.05) is 6.61 Å². The summed E-state index contributed by atoms with van der Waals surface area (Å²) in [7, 11) is -3.54. The van der Waals surface area contributed by atoms with Crippen molar-refractivity contribution < 1.29 is 18.5 Å². The molecule has 0 radical (unpaired) electrons. The minimum Gasteiger partial charge on any atom is -0.494 e. The molecule has 1 aromatic rings. The molecule has 142 valence electrons. The van der Waals surface area contributed by atoms with Crippen LogP contribution in [0.3, 0.4) is 0 Å². The zero-order chi connectivity index (χ0) is 18.9. The van der Waals surface area contributed by atoms with Gasteiger partial charge in [0.25, 0.3) is 0 Å². The Hall–Kier alpha value is -1.11. The van der Waals surface area contributed by atoms with E-state index >= 15 is 0 Å². The first kappa shape index (κ1) is 20.2. The van der Waals surface area contributed by atoms with E-state index in [1.165, 1.54) is 0 Å².